The number of nitrogens with zero attached hydrogens (tertiary/aromatic N) is 5. The van der Waals surface area contributed by atoms with Gasteiger partial charge in [-0.05, 0) is 68.8 Å². The number of hydrogen-bond acceptors (Lipinski definition) is 9. The number of nitriles is 1. The molecular weight excluding hydrogens is 591 g/mol. The molecule has 1 amide bonds. The molecule has 4 heterocycles. The number of fused-ring (bicyclic) bond motifs is 1. The quantitative estimate of drug-likeness (QED) is 0.243. The zero-order valence-electron chi connectivity index (χ0n) is 25.8. The maximum atomic E-state index is 14.2. The van der Waals surface area contributed by atoms with E-state index >= 15 is 0 Å². The van der Waals surface area contributed by atoms with Crippen LogP contribution in [0.15, 0.2) is 48.5 Å². The smallest absolute Gasteiger partial charge is 0.338 e. The van der Waals surface area contributed by atoms with Gasteiger partial charge in [0.1, 0.15) is 23.8 Å². The van der Waals surface area contributed by atoms with Crippen molar-refractivity contribution in [2.45, 2.75) is 57.9 Å². The fourth-order valence-corrected chi connectivity index (χ4v) is 5.98. The summed E-state index contributed by atoms with van der Waals surface area (Å²) in [5.74, 6) is 0.301. The molecule has 2 fully saturated rings. The summed E-state index contributed by atoms with van der Waals surface area (Å²) in [5, 5.41) is 12.0. The minimum absolute atomic E-state index is 0.0199. The molecule has 2 aromatic carbocycles. The molecule has 12 heteroatoms. The number of anilines is 1. The van der Waals surface area contributed by atoms with Gasteiger partial charge in [0.15, 0.2) is 0 Å². The summed E-state index contributed by atoms with van der Waals surface area (Å²) in [6, 6.07) is 15.2. The molecule has 0 radical (unpaired) electrons. The summed E-state index contributed by atoms with van der Waals surface area (Å²) < 4.78 is 32.8. The molecule has 6 rings (SSSR count). The molecular formula is C34H35FN6O5. The van der Waals surface area contributed by atoms with Crippen LogP contribution in [0.5, 0.6) is 5.88 Å². The Morgan fingerprint density at radius 1 is 1.13 bits per heavy atom. The number of imidazole rings is 1. The number of ether oxygens (including phenoxy) is 3. The number of methoxy groups -OCH3 is 1. The number of benzene rings is 2. The van der Waals surface area contributed by atoms with Crippen molar-refractivity contribution in [3.8, 4) is 11.9 Å². The van der Waals surface area contributed by atoms with Crippen LogP contribution in [0.1, 0.15) is 65.1 Å². The third kappa shape index (κ3) is 6.85. The molecule has 238 valence electrons. The van der Waals surface area contributed by atoms with Gasteiger partial charge in [0.2, 0.25) is 11.8 Å². The monoisotopic (exact) mass is 626 g/mol. The van der Waals surface area contributed by atoms with E-state index in [1.54, 1.807) is 18.2 Å². The first kappa shape index (κ1) is 31.1. The van der Waals surface area contributed by atoms with Crippen molar-refractivity contribution < 1.29 is 28.2 Å². The Kier molecular flexibility index (Phi) is 9.23. The van der Waals surface area contributed by atoms with E-state index in [0.717, 1.165) is 56.0 Å². The molecule has 0 bridgehead atoms. The molecule has 0 spiro atoms. The average Bonchev–Trinajstić information content (AvgIpc) is 3.38. The molecule has 1 N–H and O–H groups in total. The molecule has 2 saturated heterocycles. The van der Waals surface area contributed by atoms with Crippen LogP contribution in [0.4, 0.5) is 10.1 Å². The third-order valence-corrected chi connectivity index (χ3v) is 8.51. The third-order valence-electron chi connectivity index (χ3n) is 8.51. The summed E-state index contributed by atoms with van der Waals surface area (Å²) >= 11 is 0. The molecule has 2 aliphatic rings. The highest BCUT2D eigenvalue weighted by atomic mass is 19.1. The van der Waals surface area contributed by atoms with Gasteiger partial charge in [0.05, 0.1) is 54.7 Å². The van der Waals surface area contributed by atoms with Gasteiger partial charge in [-0.3, -0.25) is 9.69 Å². The normalized spacial score (nSPS) is 16.9. The van der Waals surface area contributed by atoms with E-state index in [1.807, 2.05) is 18.2 Å². The number of aromatic nitrogens is 3. The molecule has 2 aromatic heterocycles. The van der Waals surface area contributed by atoms with Gasteiger partial charge in [-0.1, -0.05) is 6.07 Å². The van der Waals surface area contributed by atoms with Gasteiger partial charge in [0, 0.05) is 36.8 Å². The topological polar surface area (TPSA) is 132 Å². The maximum absolute atomic E-state index is 14.2. The Balaban J connectivity index is 1.17. The predicted octanol–water partition coefficient (Wildman–Crippen LogP) is 4.93. The number of hydrogen-bond donors (Lipinski definition) is 1. The molecule has 0 saturated carbocycles. The highest BCUT2D eigenvalue weighted by Gasteiger charge is 2.27. The zero-order chi connectivity index (χ0) is 32.2. The van der Waals surface area contributed by atoms with Crippen molar-refractivity contribution in [1.29, 1.82) is 5.26 Å². The van der Waals surface area contributed by atoms with Crippen LogP contribution in [0.3, 0.4) is 0 Å². The van der Waals surface area contributed by atoms with Crippen LogP contribution in [-0.2, 0) is 34.0 Å². The first-order valence-corrected chi connectivity index (χ1v) is 15.3. The minimum Gasteiger partial charge on any atom is -0.473 e. The van der Waals surface area contributed by atoms with E-state index in [-0.39, 0.29) is 24.5 Å². The number of esters is 1. The highest BCUT2D eigenvalue weighted by molar-refractivity contribution is 6.03. The van der Waals surface area contributed by atoms with Crippen LogP contribution in [0.25, 0.3) is 11.0 Å². The van der Waals surface area contributed by atoms with Crippen LogP contribution in [0, 0.1) is 17.1 Å². The lowest BCUT2D eigenvalue weighted by Crippen LogP contribution is -2.35. The van der Waals surface area contributed by atoms with Gasteiger partial charge in [-0.25, -0.2) is 19.2 Å². The van der Waals surface area contributed by atoms with Crippen molar-refractivity contribution >= 4 is 28.6 Å². The summed E-state index contributed by atoms with van der Waals surface area (Å²) in [4.78, 5) is 36.6. The standard InChI is InChI=1S/C34H35FN6O5/c1-21(42)37-29-15-24(34(43)44-2)16-30-33(29)39-31(41(30)18-26-10-13-45-26)19-40-11-8-23(9-12-40)28-4-3-5-32(38-28)46-20-25-14-22(17-36)6-7-27(25)35/h3-7,14-16,23,26H,8-13,18-20H2,1-2H3,(H,37,42)/t26-/m0/s1. The predicted molar refractivity (Wildman–Crippen MR) is 167 cm³/mol. The first-order valence-electron chi connectivity index (χ1n) is 15.3. The zero-order valence-corrected chi connectivity index (χ0v) is 25.8. The lowest BCUT2D eigenvalue weighted by Gasteiger charge is -2.32. The van der Waals surface area contributed by atoms with Crippen molar-refractivity contribution in [3.05, 3.63) is 82.6 Å². The Hall–Kier alpha value is -4.86. The lowest BCUT2D eigenvalue weighted by molar-refractivity contribution is -0.114. The van der Waals surface area contributed by atoms with E-state index < -0.39 is 11.8 Å². The largest absolute Gasteiger partial charge is 0.473 e. The van der Waals surface area contributed by atoms with Gasteiger partial charge < -0.3 is 24.1 Å². The number of piperidine rings is 1. The van der Waals surface area contributed by atoms with E-state index in [9.17, 15) is 14.0 Å². The Morgan fingerprint density at radius 2 is 1.93 bits per heavy atom. The summed E-state index contributed by atoms with van der Waals surface area (Å²) in [5.41, 5.74) is 3.76. The molecule has 2 aliphatic heterocycles. The number of rotatable bonds is 10. The highest BCUT2D eigenvalue weighted by Crippen LogP contribution is 2.32. The van der Waals surface area contributed by atoms with Crippen LogP contribution < -0.4 is 10.1 Å². The van der Waals surface area contributed by atoms with Crippen LogP contribution >= 0.6 is 0 Å². The van der Waals surface area contributed by atoms with Crippen molar-refractivity contribution in [1.82, 2.24) is 19.4 Å². The van der Waals surface area contributed by atoms with Gasteiger partial charge in [-0.2, -0.15) is 5.26 Å². The lowest BCUT2D eigenvalue weighted by atomic mass is 9.93. The average molecular weight is 627 g/mol. The second-order valence-corrected chi connectivity index (χ2v) is 11.6. The summed E-state index contributed by atoms with van der Waals surface area (Å²) in [6.45, 7) is 4.94. The van der Waals surface area contributed by atoms with E-state index in [1.165, 1.54) is 32.2 Å². The molecule has 11 nitrogen and oxygen atoms in total. The molecule has 1 atom stereocenters. The Bertz CT molecular complexity index is 1810. The van der Waals surface area contributed by atoms with Crippen LogP contribution in [0.2, 0.25) is 0 Å². The van der Waals surface area contributed by atoms with E-state index in [4.69, 9.17) is 29.4 Å². The molecule has 0 unspecified atom stereocenters. The molecule has 0 aliphatic carbocycles. The fourth-order valence-electron chi connectivity index (χ4n) is 5.98. The number of carbonyl (C=O) groups is 2. The fraction of sp³-hybridized carbons (Fsp3) is 0.382. The molecule has 4 aromatic rings. The SMILES string of the molecule is COC(=O)c1cc(NC(C)=O)c2nc(CN3CCC(c4cccc(OCc5cc(C#N)ccc5F)n4)CC3)n(C[C@@H]3CCO3)c2c1. The summed E-state index contributed by atoms with van der Waals surface area (Å²) in [7, 11) is 1.33. The van der Waals surface area contributed by atoms with E-state index in [2.05, 4.69) is 14.8 Å². The Labute approximate surface area is 265 Å². The second kappa shape index (κ2) is 13.6. The summed E-state index contributed by atoms with van der Waals surface area (Å²) in [6.07, 6.45) is 2.76. The van der Waals surface area contributed by atoms with Gasteiger partial charge in [0.25, 0.3) is 0 Å². The number of likely N-dealkylation sites (tertiary alicyclic amines) is 1. The number of halogens is 1. The first-order chi connectivity index (χ1) is 22.3. The Morgan fingerprint density at radius 3 is 2.63 bits per heavy atom. The van der Waals surface area contributed by atoms with Gasteiger partial charge in [-0.15, -0.1) is 0 Å². The van der Waals surface area contributed by atoms with Crippen molar-refractivity contribution in [2.24, 2.45) is 0 Å². The second-order valence-electron chi connectivity index (χ2n) is 11.6. The number of pyridine rings is 1. The van der Waals surface area contributed by atoms with Crippen molar-refractivity contribution in [3.63, 3.8) is 0 Å². The maximum Gasteiger partial charge on any atom is 0.338 e. The van der Waals surface area contributed by atoms with E-state index in [0.29, 0.717) is 46.9 Å². The number of carbonyl (C=O) groups excluding carboxylic acids is 2. The minimum atomic E-state index is -0.492. The number of nitrogens with one attached hydrogen (secondary N) is 1. The van der Waals surface area contributed by atoms with Crippen molar-refractivity contribution in [2.75, 3.05) is 32.1 Å². The van der Waals surface area contributed by atoms with Gasteiger partial charge >= 0.3 is 5.97 Å². The van der Waals surface area contributed by atoms with Crippen LogP contribution in [-0.4, -0.2) is 64.2 Å². The molecule has 46 heavy (non-hydrogen) atoms. The number of amides is 1.